The van der Waals surface area contributed by atoms with Crippen LogP contribution < -0.4 is 11.1 Å². The largest absolute Gasteiger partial charge is 0.382 e. The molecular weight excluding hydrogens is 259 g/mol. The number of anilines is 2. The van der Waals surface area contributed by atoms with Crippen molar-refractivity contribution in [3.05, 3.63) is 35.1 Å². The van der Waals surface area contributed by atoms with Gasteiger partial charge in [0.25, 0.3) is 0 Å². The Hall–Kier alpha value is -2.69. The van der Waals surface area contributed by atoms with Crippen LogP contribution in [0.25, 0.3) is 5.69 Å². The highest BCUT2D eigenvalue weighted by Gasteiger charge is 2.18. The summed E-state index contributed by atoms with van der Waals surface area (Å²) in [6, 6.07) is 3.29. The SMILES string of the molecule is CNc1nn(-c2cc(F)c(F)c(F)c2)c(N)c1C#N. The Balaban J connectivity index is 2.67. The predicted molar refractivity (Wildman–Crippen MR) is 62.1 cm³/mol. The fourth-order valence-electron chi connectivity index (χ4n) is 1.58. The average Bonchev–Trinajstić information content (AvgIpc) is 2.71. The second kappa shape index (κ2) is 4.53. The number of nitrogens with zero attached hydrogens (tertiary/aromatic N) is 3. The summed E-state index contributed by atoms with van der Waals surface area (Å²) < 4.78 is 40.1. The normalized spacial score (nSPS) is 10.3. The summed E-state index contributed by atoms with van der Waals surface area (Å²) in [5.74, 6) is -4.25. The van der Waals surface area contributed by atoms with Gasteiger partial charge in [0.15, 0.2) is 23.3 Å². The number of nitrogens with two attached hydrogens (primary N) is 1. The molecule has 0 amide bonds. The molecule has 0 saturated heterocycles. The van der Waals surface area contributed by atoms with E-state index in [1.807, 2.05) is 6.07 Å². The first-order chi connectivity index (χ1) is 8.99. The van der Waals surface area contributed by atoms with Gasteiger partial charge in [-0.25, -0.2) is 17.9 Å². The van der Waals surface area contributed by atoms with Crippen molar-refractivity contribution in [3.8, 4) is 11.8 Å². The van der Waals surface area contributed by atoms with Crippen LogP contribution in [0, 0.1) is 28.8 Å². The van der Waals surface area contributed by atoms with Gasteiger partial charge < -0.3 is 11.1 Å². The van der Waals surface area contributed by atoms with E-state index < -0.39 is 17.5 Å². The van der Waals surface area contributed by atoms with Crippen molar-refractivity contribution in [2.24, 2.45) is 0 Å². The number of rotatable bonds is 2. The molecule has 8 heteroatoms. The number of nitrogen functional groups attached to an aromatic ring is 1. The van der Waals surface area contributed by atoms with E-state index in [1.54, 1.807) is 0 Å². The Morgan fingerprint density at radius 2 is 1.89 bits per heavy atom. The minimum atomic E-state index is -1.58. The highest BCUT2D eigenvalue weighted by Crippen LogP contribution is 2.25. The zero-order valence-corrected chi connectivity index (χ0v) is 9.71. The van der Waals surface area contributed by atoms with E-state index in [9.17, 15) is 13.2 Å². The maximum absolute atomic E-state index is 13.2. The number of nitrogens with one attached hydrogen (secondary N) is 1. The van der Waals surface area contributed by atoms with Gasteiger partial charge >= 0.3 is 0 Å². The first kappa shape index (κ1) is 12.8. The Morgan fingerprint density at radius 1 is 1.32 bits per heavy atom. The van der Waals surface area contributed by atoms with E-state index in [-0.39, 0.29) is 22.9 Å². The molecular formula is C11H8F3N5. The molecule has 0 aliphatic rings. The molecule has 98 valence electrons. The quantitative estimate of drug-likeness (QED) is 0.813. The van der Waals surface area contributed by atoms with Crippen LogP contribution in [0.2, 0.25) is 0 Å². The van der Waals surface area contributed by atoms with Crippen LogP contribution in [0.5, 0.6) is 0 Å². The van der Waals surface area contributed by atoms with Crippen molar-refractivity contribution >= 4 is 11.6 Å². The van der Waals surface area contributed by atoms with Crippen LogP contribution in [-0.4, -0.2) is 16.8 Å². The fourth-order valence-corrected chi connectivity index (χ4v) is 1.58. The highest BCUT2D eigenvalue weighted by atomic mass is 19.2. The lowest BCUT2D eigenvalue weighted by Gasteiger charge is -2.05. The summed E-state index contributed by atoms with van der Waals surface area (Å²) in [5, 5.41) is 15.4. The van der Waals surface area contributed by atoms with Gasteiger partial charge in [-0.15, -0.1) is 5.10 Å². The second-order valence-electron chi connectivity index (χ2n) is 3.61. The van der Waals surface area contributed by atoms with Gasteiger partial charge in [-0.2, -0.15) is 5.26 Å². The number of hydrogen-bond donors (Lipinski definition) is 2. The molecule has 2 rings (SSSR count). The van der Waals surface area contributed by atoms with Crippen molar-refractivity contribution in [3.63, 3.8) is 0 Å². The zero-order chi connectivity index (χ0) is 14.2. The van der Waals surface area contributed by atoms with Gasteiger partial charge in [0, 0.05) is 19.2 Å². The third-order valence-electron chi connectivity index (χ3n) is 2.48. The number of hydrogen-bond acceptors (Lipinski definition) is 4. The molecule has 0 unspecified atom stereocenters. The van der Waals surface area contributed by atoms with Gasteiger partial charge in [0.1, 0.15) is 17.5 Å². The average molecular weight is 267 g/mol. The van der Waals surface area contributed by atoms with Crippen LogP contribution in [0.1, 0.15) is 5.56 Å². The minimum Gasteiger partial charge on any atom is -0.382 e. The minimum absolute atomic E-state index is 0.0349. The summed E-state index contributed by atoms with van der Waals surface area (Å²) in [6.45, 7) is 0. The van der Waals surface area contributed by atoms with E-state index in [0.29, 0.717) is 0 Å². The van der Waals surface area contributed by atoms with Crippen LogP contribution in [0.3, 0.4) is 0 Å². The summed E-state index contributed by atoms with van der Waals surface area (Å²) in [5.41, 5.74) is 5.58. The smallest absolute Gasteiger partial charge is 0.194 e. The molecule has 5 nitrogen and oxygen atoms in total. The lowest BCUT2D eigenvalue weighted by Crippen LogP contribution is -2.05. The van der Waals surface area contributed by atoms with Gasteiger partial charge in [-0.05, 0) is 0 Å². The monoisotopic (exact) mass is 267 g/mol. The molecule has 0 aliphatic carbocycles. The number of benzene rings is 1. The fraction of sp³-hybridized carbons (Fsp3) is 0.0909. The van der Waals surface area contributed by atoms with E-state index in [4.69, 9.17) is 11.0 Å². The highest BCUT2D eigenvalue weighted by molar-refractivity contribution is 5.65. The Kier molecular flexibility index (Phi) is 3.04. The number of halogens is 3. The molecule has 2 aromatic rings. The third-order valence-corrected chi connectivity index (χ3v) is 2.48. The number of nitriles is 1. The molecule has 1 aromatic heterocycles. The van der Waals surface area contributed by atoms with Crippen molar-refractivity contribution in [2.75, 3.05) is 18.1 Å². The summed E-state index contributed by atoms with van der Waals surface area (Å²) in [4.78, 5) is 0. The van der Waals surface area contributed by atoms with Gasteiger partial charge in [0.2, 0.25) is 0 Å². The topological polar surface area (TPSA) is 79.7 Å². The Morgan fingerprint density at radius 3 is 2.32 bits per heavy atom. The number of aromatic nitrogens is 2. The van der Waals surface area contributed by atoms with E-state index in [1.165, 1.54) is 7.05 Å². The van der Waals surface area contributed by atoms with E-state index in [2.05, 4.69) is 10.4 Å². The maximum atomic E-state index is 13.2. The van der Waals surface area contributed by atoms with Crippen LogP contribution in [0.15, 0.2) is 12.1 Å². The molecule has 0 bridgehead atoms. The van der Waals surface area contributed by atoms with E-state index in [0.717, 1.165) is 16.8 Å². The summed E-state index contributed by atoms with van der Waals surface area (Å²) in [6.07, 6.45) is 0. The molecule has 0 spiro atoms. The van der Waals surface area contributed by atoms with Gasteiger partial charge in [-0.3, -0.25) is 0 Å². The predicted octanol–water partition coefficient (Wildman–Crippen LogP) is 1.79. The van der Waals surface area contributed by atoms with Crippen LogP contribution in [0.4, 0.5) is 24.8 Å². The molecule has 0 fully saturated rings. The lowest BCUT2D eigenvalue weighted by atomic mass is 10.2. The first-order valence-corrected chi connectivity index (χ1v) is 5.10. The van der Waals surface area contributed by atoms with Crippen molar-refractivity contribution in [2.45, 2.75) is 0 Å². The van der Waals surface area contributed by atoms with Gasteiger partial charge in [-0.1, -0.05) is 0 Å². The van der Waals surface area contributed by atoms with Gasteiger partial charge in [0.05, 0.1) is 5.69 Å². The standard InChI is InChI=1S/C11H8F3N5/c1-17-11-6(4-15)10(16)19(18-11)5-2-7(12)9(14)8(13)3-5/h2-3H,16H2,1H3,(H,17,18). The molecule has 0 aliphatic heterocycles. The second-order valence-corrected chi connectivity index (χ2v) is 3.61. The molecule has 19 heavy (non-hydrogen) atoms. The van der Waals surface area contributed by atoms with Crippen molar-refractivity contribution in [1.82, 2.24) is 9.78 Å². The molecule has 0 saturated carbocycles. The molecule has 0 atom stereocenters. The van der Waals surface area contributed by atoms with Crippen molar-refractivity contribution in [1.29, 1.82) is 5.26 Å². The molecule has 1 heterocycles. The summed E-state index contributed by atoms with van der Waals surface area (Å²) >= 11 is 0. The summed E-state index contributed by atoms with van der Waals surface area (Å²) in [7, 11) is 1.51. The van der Waals surface area contributed by atoms with E-state index >= 15 is 0 Å². The zero-order valence-electron chi connectivity index (χ0n) is 9.71. The first-order valence-electron chi connectivity index (χ1n) is 5.10. The molecule has 3 N–H and O–H groups in total. The maximum Gasteiger partial charge on any atom is 0.194 e. The van der Waals surface area contributed by atoms with Crippen LogP contribution in [-0.2, 0) is 0 Å². The Bertz CT molecular complexity index is 663. The molecule has 0 radical (unpaired) electrons. The third kappa shape index (κ3) is 1.95. The van der Waals surface area contributed by atoms with Crippen molar-refractivity contribution < 1.29 is 13.2 Å². The Labute approximate surface area is 106 Å². The molecule has 1 aromatic carbocycles. The van der Waals surface area contributed by atoms with Crippen LogP contribution >= 0.6 is 0 Å². The lowest BCUT2D eigenvalue weighted by molar-refractivity contribution is 0.446.